The van der Waals surface area contributed by atoms with Crippen LogP contribution in [0.2, 0.25) is 10.0 Å². The summed E-state index contributed by atoms with van der Waals surface area (Å²) in [7, 11) is 2.91. The third-order valence-corrected chi connectivity index (χ3v) is 11.3. The van der Waals surface area contributed by atoms with Crippen LogP contribution in [0.5, 0.6) is 17.2 Å². The fourth-order valence-electron chi connectivity index (χ4n) is 8.62. The van der Waals surface area contributed by atoms with Gasteiger partial charge in [0.15, 0.2) is 11.5 Å². The summed E-state index contributed by atoms with van der Waals surface area (Å²) in [5.74, 6) is -7.49. The van der Waals surface area contributed by atoms with Gasteiger partial charge in [0, 0.05) is 23.0 Å². The van der Waals surface area contributed by atoms with Gasteiger partial charge in [0.05, 0.1) is 54.5 Å². The van der Waals surface area contributed by atoms with Crippen LogP contribution in [0.1, 0.15) is 36.3 Å². The molecular weight excluding hydrogens is 701 g/mol. The van der Waals surface area contributed by atoms with E-state index in [1.807, 2.05) is 6.08 Å². The quantitative estimate of drug-likeness (QED) is 0.197. The van der Waals surface area contributed by atoms with Gasteiger partial charge in [0.2, 0.25) is 11.8 Å². The molecular formula is C37H33Cl2N3O9. The van der Waals surface area contributed by atoms with Crippen molar-refractivity contribution in [2.24, 2.45) is 23.7 Å². The Labute approximate surface area is 302 Å². The lowest BCUT2D eigenvalue weighted by Crippen LogP contribution is -2.53. The number of likely N-dealkylation sites (tertiary alicyclic amines) is 1. The number of amides is 4. The Morgan fingerprint density at radius 3 is 2.37 bits per heavy atom. The van der Waals surface area contributed by atoms with Crippen LogP contribution in [-0.2, 0) is 29.4 Å². The number of rotatable bonds is 9. The normalized spacial score (nSPS) is 26.7. The van der Waals surface area contributed by atoms with Gasteiger partial charge in [0.25, 0.3) is 11.8 Å². The molecule has 2 saturated heterocycles. The lowest BCUT2D eigenvalue weighted by molar-refractivity contribution is -0.143. The molecule has 0 aromatic heterocycles. The number of para-hydroxylation sites is 1. The molecule has 2 aliphatic heterocycles. The minimum atomic E-state index is -1.68. The summed E-state index contributed by atoms with van der Waals surface area (Å²) in [5, 5.41) is 22.5. The number of imide groups is 2. The Kier molecular flexibility index (Phi) is 8.71. The van der Waals surface area contributed by atoms with Gasteiger partial charge in [-0.1, -0.05) is 59.1 Å². The number of aliphatic carboxylic acids is 1. The first-order valence-corrected chi connectivity index (χ1v) is 17.1. The monoisotopic (exact) mass is 733 g/mol. The number of methoxy groups -OCH3 is 2. The van der Waals surface area contributed by atoms with Gasteiger partial charge in [-0.3, -0.25) is 34.3 Å². The number of fused-ring (bicyclic) bond motifs is 4. The Bertz CT molecular complexity index is 2020. The molecule has 4 amide bonds. The highest BCUT2D eigenvalue weighted by Gasteiger charge is 2.70. The fraction of sp³-hybridized carbons (Fsp3) is 0.324. The van der Waals surface area contributed by atoms with E-state index in [4.69, 9.17) is 32.7 Å². The number of benzene rings is 3. The largest absolute Gasteiger partial charge is 0.504 e. The van der Waals surface area contributed by atoms with Crippen LogP contribution < -0.4 is 14.9 Å². The maximum absolute atomic E-state index is 15.3. The predicted molar refractivity (Wildman–Crippen MR) is 184 cm³/mol. The minimum absolute atomic E-state index is 0.00313. The molecule has 0 unspecified atom stereocenters. The number of carboxylic acids is 1. The van der Waals surface area contributed by atoms with Crippen LogP contribution in [0, 0.1) is 23.7 Å². The SMILES string of the molecule is COc1ccc([C@@]23C(=O)N(Nc4ccc(Cl)cc4Cl)C(=O)[C@@H]2C[C@@H]2C(=CC[C@@H]4C(=O)N(CCC(=O)O)C(=O)[C@@H]42)[C@@H]3c2cccc(OC)c2O)cc1. The molecule has 0 bridgehead atoms. The van der Waals surface area contributed by atoms with E-state index in [1.165, 1.54) is 20.3 Å². The molecule has 3 aromatic carbocycles. The number of aromatic hydroxyl groups is 1. The third-order valence-electron chi connectivity index (χ3n) is 10.8. The molecule has 264 valence electrons. The average molecular weight is 735 g/mol. The first kappa shape index (κ1) is 34.4. The molecule has 7 rings (SSSR count). The smallest absolute Gasteiger partial charge is 0.305 e. The van der Waals surface area contributed by atoms with E-state index in [2.05, 4.69) is 5.43 Å². The highest BCUT2D eigenvalue weighted by atomic mass is 35.5. The van der Waals surface area contributed by atoms with Crippen molar-refractivity contribution >= 4 is 58.5 Å². The zero-order chi connectivity index (χ0) is 36.4. The number of anilines is 1. The number of nitrogens with one attached hydrogen (secondary N) is 1. The van der Waals surface area contributed by atoms with E-state index in [0.29, 0.717) is 21.9 Å². The number of hydrogen-bond acceptors (Lipinski definition) is 9. The molecule has 6 atom stereocenters. The first-order valence-electron chi connectivity index (χ1n) is 16.3. The van der Waals surface area contributed by atoms with Crippen LogP contribution in [0.4, 0.5) is 5.69 Å². The second-order valence-electron chi connectivity index (χ2n) is 13.1. The second kappa shape index (κ2) is 12.9. The summed E-state index contributed by atoms with van der Waals surface area (Å²) < 4.78 is 10.9. The van der Waals surface area contributed by atoms with E-state index in [0.717, 1.165) is 9.91 Å². The van der Waals surface area contributed by atoms with Gasteiger partial charge >= 0.3 is 5.97 Å². The van der Waals surface area contributed by atoms with Gasteiger partial charge in [0.1, 0.15) is 5.75 Å². The molecule has 1 saturated carbocycles. The summed E-state index contributed by atoms with van der Waals surface area (Å²) >= 11 is 12.6. The number of hydrazine groups is 1. The van der Waals surface area contributed by atoms with Crippen molar-refractivity contribution in [2.75, 3.05) is 26.2 Å². The Hall–Kier alpha value is -5.07. The van der Waals surface area contributed by atoms with Crippen LogP contribution in [-0.4, -0.2) is 70.5 Å². The summed E-state index contributed by atoms with van der Waals surface area (Å²) in [6, 6.07) is 16.3. The predicted octanol–water partition coefficient (Wildman–Crippen LogP) is 5.18. The van der Waals surface area contributed by atoms with Gasteiger partial charge in [-0.2, -0.15) is 5.01 Å². The molecule has 4 aliphatic rings. The van der Waals surface area contributed by atoms with E-state index in [9.17, 15) is 29.4 Å². The van der Waals surface area contributed by atoms with Crippen molar-refractivity contribution in [3.8, 4) is 17.2 Å². The highest BCUT2D eigenvalue weighted by Crippen LogP contribution is 2.65. The molecule has 12 nitrogen and oxygen atoms in total. The van der Waals surface area contributed by atoms with Gasteiger partial charge < -0.3 is 19.7 Å². The van der Waals surface area contributed by atoms with Crippen molar-refractivity contribution in [3.63, 3.8) is 0 Å². The molecule has 14 heteroatoms. The number of phenols is 1. The Morgan fingerprint density at radius 2 is 1.71 bits per heavy atom. The van der Waals surface area contributed by atoms with Crippen LogP contribution in [0.15, 0.2) is 72.3 Å². The number of allylic oxidation sites excluding steroid dienone is 2. The van der Waals surface area contributed by atoms with Crippen molar-refractivity contribution in [1.29, 1.82) is 0 Å². The molecule has 2 heterocycles. The first-order chi connectivity index (χ1) is 24.4. The number of hydrogen-bond donors (Lipinski definition) is 3. The maximum Gasteiger partial charge on any atom is 0.305 e. The zero-order valence-corrected chi connectivity index (χ0v) is 29.0. The number of ether oxygens (including phenoxy) is 2. The standard InChI is InChI=1S/C37H33Cl2N3O9/c1-50-20-9-6-18(7-10-20)37-25(34(47)42(36(37)49)40-27-13-8-19(38)16-26(27)39)17-24-21(31(37)23-4-3-5-28(51-2)32(23)45)11-12-22-30(24)35(48)41(33(22)46)15-14-29(43)44/h3-11,13,16,22,24-25,30-31,40,45H,12,14-15,17H2,1-2H3,(H,43,44)/t22-,24+,25-,30-,31+,37+/m0/s1. The van der Waals surface area contributed by atoms with Gasteiger partial charge in [-0.25, -0.2) is 0 Å². The summed E-state index contributed by atoms with van der Waals surface area (Å²) in [5.41, 5.74) is 2.85. The number of nitrogens with zero attached hydrogens (tertiary/aromatic N) is 2. The zero-order valence-electron chi connectivity index (χ0n) is 27.5. The van der Waals surface area contributed by atoms with E-state index >= 15 is 4.79 Å². The lowest BCUT2D eigenvalue weighted by atomic mass is 9.49. The second-order valence-corrected chi connectivity index (χ2v) is 13.9. The van der Waals surface area contributed by atoms with Crippen molar-refractivity contribution in [3.05, 3.63) is 93.5 Å². The van der Waals surface area contributed by atoms with Crippen molar-refractivity contribution in [2.45, 2.75) is 30.6 Å². The number of halogens is 2. The third kappa shape index (κ3) is 5.22. The Morgan fingerprint density at radius 1 is 0.961 bits per heavy atom. The molecule has 0 spiro atoms. The van der Waals surface area contributed by atoms with Gasteiger partial charge in [-0.05, 0) is 60.7 Å². The van der Waals surface area contributed by atoms with Crippen LogP contribution >= 0.6 is 23.2 Å². The average Bonchev–Trinajstić information content (AvgIpc) is 3.49. The molecule has 3 fully saturated rings. The maximum atomic E-state index is 15.3. The fourth-order valence-corrected chi connectivity index (χ4v) is 9.07. The summed E-state index contributed by atoms with van der Waals surface area (Å²) in [6.45, 7) is -0.279. The van der Waals surface area contributed by atoms with E-state index in [1.54, 1.807) is 54.6 Å². The number of carboxylic acid groups (broad SMARTS) is 1. The van der Waals surface area contributed by atoms with Crippen molar-refractivity contribution in [1.82, 2.24) is 9.91 Å². The molecule has 3 aromatic rings. The Balaban J connectivity index is 1.45. The topological polar surface area (TPSA) is 163 Å². The number of carbonyl (C=O) groups is 5. The summed E-state index contributed by atoms with van der Waals surface area (Å²) in [4.78, 5) is 70.1. The molecule has 2 aliphatic carbocycles. The molecule has 3 N–H and O–H groups in total. The van der Waals surface area contributed by atoms with Crippen molar-refractivity contribution < 1.29 is 43.7 Å². The van der Waals surface area contributed by atoms with Crippen LogP contribution in [0.3, 0.4) is 0 Å². The van der Waals surface area contributed by atoms with E-state index in [-0.39, 0.29) is 47.2 Å². The summed E-state index contributed by atoms with van der Waals surface area (Å²) in [6.07, 6.45) is 1.57. The van der Waals surface area contributed by atoms with E-state index < -0.39 is 71.0 Å². The lowest BCUT2D eigenvalue weighted by Gasteiger charge is -2.50. The highest BCUT2D eigenvalue weighted by molar-refractivity contribution is 6.36. The van der Waals surface area contributed by atoms with Crippen LogP contribution in [0.25, 0.3) is 0 Å². The number of carbonyl (C=O) groups excluding carboxylic acids is 4. The minimum Gasteiger partial charge on any atom is -0.504 e. The molecule has 0 radical (unpaired) electrons. The molecule has 51 heavy (non-hydrogen) atoms. The van der Waals surface area contributed by atoms with Gasteiger partial charge in [-0.15, -0.1) is 0 Å². The number of phenolic OH excluding ortho intramolecular Hbond substituents is 1.